The number of hydrogen-bond acceptors (Lipinski definition) is 4. The fraction of sp³-hybridized carbons (Fsp3) is 0.278. The molecule has 1 saturated heterocycles. The molecule has 120 valence electrons. The highest BCUT2D eigenvalue weighted by Gasteiger charge is 2.14. The number of anilines is 4. The van der Waals surface area contributed by atoms with Gasteiger partial charge in [-0.15, -0.1) is 0 Å². The van der Waals surface area contributed by atoms with E-state index >= 15 is 0 Å². The molecule has 2 aromatic carbocycles. The lowest BCUT2D eigenvalue weighted by Crippen LogP contribution is -2.36. The number of carbonyl (C=O) groups excluding carboxylic acids is 1. The van der Waals surface area contributed by atoms with Crippen LogP contribution in [0.2, 0.25) is 0 Å². The van der Waals surface area contributed by atoms with Crippen LogP contribution in [0.4, 0.5) is 22.7 Å². The molecule has 1 amide bonds. The van der Waals surface area contributed by atoms with Gasteiger partial charge in [0.1, 0.15) is 0 Å². The number of para-hydroxylation sites is 2. The van der Waals surface area contributed by atoms with Gasteiger partial charge in [-0.2, -0.15) is 0 Å². The van der Waals surface area contributed by atoms with Crippen molar-refractivity contribution in [3.8, 4) is 0 Å². The Morgan fingerprint density at radius 2 is 1.65 bits per heavy atom. The van der Waals surface area contributed by atoms with Crippen molar-refractivity contribution in [3.05, 3.63) is 48.5 Å². The molecule has 3 rings (SSSR count). The van der Waals surface area contributed by atoms with Gasteiger partial charge in [-0.1, -0.05) is 12.1 Å². The summed E-state index contributed by atoms with van der Waals surface area (Å²) in [6.07, 6.45) is 0. The van der Waals surface area contributed by atoms with Gasteiger partial charge in [-0.3, -0.25) is 4.79 Å². The SMILES string of the molecule is CC(=O)Nc1ccc(Nc2ccccc2N2CCOCC2)cc1. The minimum atomic E-state index is -0.0663. The number of ether oxygens (including phenoxy) is 1. The van der Waals surface area contributed by atoms with Crippen LogP contribution < -0.4 is 15.5 Å². The van der Waals surface area contributed by atoms with E-state index in [-0.39, 0.29) is 5.91 Å². The highest BCUT2D eigenvalue weighted by molar-refractivity contribution is 5.89. The van der Waals surface area contributed by atoms with Crippen molar-refractivity contribution in [2.45, 2.75) is 6.92 Å². The summed E-state index contributed by atoms with van der Waals surface area (Å²) in [5.41, 5.74) is 4.03. The number of hydrogen-bond donors (Lipinski definition) is 2. The van der Waals surface area contributed by atoms with Gasteiger partial charge < -0.3 is 20.3 Å². The van der Waals surface area contributed by atoms with Gasteiger partial charge in [0, 0.05) is 31.4 Å². The van der Waals surface area contributed by atoms with Crippen molar-refractivity contribution < 1.29 is 9.53 Å². The van der Waals surface area contributed by atoms with E-state index in [0.29, 0.717) is 0 Å². The summed E-state index contributed by atoms with van der Waals surface area (Å²) in [5.74, 6) is -0.0663. The van der Waals surface area contributed by atoms with Gasteiger partial charge in [0.2, 0.25) is 5.91 Å². The zero-order valence-electron chi connectivity index (χ0n) is 13.2. The first-order chi connectivity index (χ1) is 11.2. The van der Waals surface area contributed by atoms with Crippen molar-refractivity contribution >= 4 is 28.7 Å². The zero-order valence-corrected chi connectivity index (χ0v) is 13.2. The van der Waals surface area contributed by atoms with Crippen LogP contribution in [0.25, 0.3) is 0 Å². The number of morpholine rings is 1. The predicted molar refractivity (Wildman–Crippen MR) is 93.5 cm³/mol. The number of nitrogens with one attached hydrogen (secondary N) is 2. The second-order valence-corrected chi connectivity index (χ2v) is 5.50. The molecule has 5 nitrogen and oxygen atoms in total. The molecule has 1 aliphatic heterocycles. The number of nitrogens with zero attached hydrogens (tertiary/aromatic N) is 1. The van der Waals surface area contributed by atoms with E-state index in [0.717, 1.165) is 43.4 Å². The Bertz CT molecular complexity index is 664. The first-order valence-corrected chi connectivity index (χ1v) is 7.79. The summed E-state index contributed by atoms with van der Waals surface area (Å²) in [4.78, 5) is 13.4. The molecule has 2 N–H and O–H groups in total. The van der Waals surface area contributed by atoms with E-state index in [2.05, 4.69) is 33.7 Å². The summed E-state index contributed by atoms with van der Waals surface area (Å²) in [5, 5.41) is 6.23. The van der Waals surface area contributed by atoms with Crippen LogP contribution in [-0.2, 0) is 9.53 Å². The van der Waals surface area contributed by atoms with E-state index in [4.69, 9.17) is 4.74 Å². The van der Waals surface area contributed by atoms with Crippen molar-refractivity contribution in [2.75, 3.05) is 41.8 Å². The molecule has 0 atom stereocenters. The fourth-order valence-corrected chi connectivity index (χ4v) is 2.66. The number of rotatable bonds is 4. The Kier molecular flexibility index (Phi) is 4.78. The van der Waals surface area contributed by atoms with Gasteiger partial charge in [0.25, 0.3) is 0 Å². The van der Waals surface area contributed by atoms with E-state index < -0.39 is 0 Å². The highest BCUT2D eigenvalue weighted by atomic mass is 16.5. The standard InChI is InChI=1S/C18H21N3O2/c1-14(22)19-15-6-8-16(9-7-15)20-17-4-2-3-5-18(17)21-10-12-23-13-11-21/h2-9,20H,10-13H2,1H3,(H,19,22). The van der Waals surface area contributed by atoms with E-state index in [1.54, 1.807) is 0 Å². The lowest BCUT2D eigenvalue weighted by atomic mass is 10.2. The topological polar surface area (TPSA) is 53.6 Å². The van der Waals surface area contributed by atoms with Crippen molar-refractivity contribution in [1.82, 2.24) is 0 Å². The molecule has 0 aromatic heterocycles. The van der Waals surface area contributed by atoms with Gasteiger partial charge in [-0.25, -0.2) is 0 Å². The quantitative estimate of drug-likeness (QED) is 0.910. The Morgan fingerprint density at radius 1 is 1.00 bits per heavy atom. The Hall–Kier alpha value is -2.53. The van der Waals surface area contributed by atoms with Crippen LogP contribution in [-0.4, -0.2) is 32.2 Å². The average molecular weight is 311 g/mol. The molecule has 1 aliphatic rings. The molecular weight excluding hydrogens is 290 g/mol. The van der Waals surface area contributed by atoms with E-state index in [1.165, 1.54) is 12.6 Å². The molecule has 0 bridgehead atoms. The van der Waals surface area contributed by atoms with Crippen LogP contribution in [0.3, 0.4) is 0 Å². The molecule has 5 heteroatoms. The lowest BCUT2D eigenvalue weighted by Gasteiger charge is -2.30. The summed E-state index contributed by atoms with van der Waals surface area (Å²) in [7, 11) is 0. The summed E-state index contributed by atoms with van der Waals surface area (Å²) in [6.45, 7) is 4.84. The van der Waals surface area contributed by atoms with Gasteiger partial charge in [-0.05, 0) is 36.4 Å². The Morgan fingerprint density at radius 3 is 2.35 bits per heavy atom. The average Bonchev–Trinajstić information content (AvgIpc) is 2.57. The van der Waals surface area contributed by atoms with Crippen LogP contribution in [0, 0.1) is 0 Å². The third-order valence-corrected chi connectivity index (χ3v) is 3.74. The van der Waals surface area contributed by atoms with Gasteiger partial charge in [0.05, 0.1) is 24.6 Å². The minimum absolute atomic E-state index is 0.0663. The minimum Gasteiger partial charge on any atom is -0.378 e. The normalized spacial score (nSPS) is 14.4. The second-order valence-electron chi connectivity index (χ2n) is 5.50. The maximum Gasteiger partial charge on any atom is 0.221 e. The Balaban J connectivity index is 1.76. The first-order valence-electron chi connectivity index (χ1n) is 7.79. The molecule has 0 saturated carbocycles. The Labute approximate surface area is 136 Å². The maximum absolute atomic E-state index is 11.1. The number of benzene rings is 2. The molecule has 1 heterocycles. The summed E-state index contributed by atoms with van der Waals surface area (Å²) in [6, 6.07) is 16.0. The maximum atomic E-state index is 11.1. The van der Waals surface area contributed by atoms with Crippen LogP contribution in [0.15, 0.2) is 48.5 Å². The van der Waals surface area contributed by atoms with Crippen LogP contribution in [0.5, 0.6) is 0 Å². The van der Waals surface area contributed by atoms with Crippen LogP contribution in [0.1, 0.15) is 6.92 Å². The smallest absolute Gasteiger partial charge is 0.221 e. The fourth-order valence-electron chi connectivity index (χ4n) is 2.66. The second kappa shape index (κ2) is 7.15. The van der Waals surface area contributed by atoms with E-state index in [9.17, 15) is 4.79 Å². The number of amides is 1. The molecular formula is C18H21N3O2. The molecule has 0 radical (unpaired) electrons. The lowest BCUT2D eigenvalue weighted by molar-refractivity contribution is -0.114. The van der Waals surface area contributed by atoms with Crippen molar-refractivity contribution in [1.29, 1.82) is 0 Å². The largest absolute Gasteiger partial charge is 0.378 e. The molecule has 0 spiro atoms. The predicted octanol–water partition coefficient (Wildman–Crippen LogP) is 3.23. The van der Waals surface area contributed by atoms with Crippen LogP contribution >= 0.6 is 0 Å². The van der Waals surface area contributed by atoms with Gasteiger partial charge >= 0.3 is 0 Å². The third-order valence-electron chi connectivity index (χ3n) is 3.74. The zero-order chi connectivity index (χ0) is 16.1. The number of carbonyl (C=O) groups is 1. The van der Waals surface area contributed by atoms with Crippen molar-refractivity contribution in [3.63, 3.8) is 0 Å². The summed E-state index contributed by atoms with van der Waals surface area (Å²) >= 11 is 0. The summed E-state index contributed by atoms with van der Waals surface area (Å²) < 4.78 is 5.43. The molecule has 23 heavy (non-hydrogen) atoms. The molecule has 0 unspecified atom stereocenters. The molecule has 1 fully saturated rings. The van der Waals surface area contributed by atoms with Crippen molar-refractivity contribution in [2.24, 2.45) is 0 Å². The first kappa shape index (κ1) is 15.4. The third kappa shape index (κ3) is 4.02. The van der Waals surface area contributed by atoms with E-state index in [1.807, 2.05) is 30.3 Å². The molecule has 2 aromatic rings. The highest BCUT2D eigenvalue weighted by Crippen LogP contribution is 2.29. The molecule has 0 aliphatic carbocycles. The van der Waals surface area contributed by atoms with Gasteiger partial charge in [0.15, 0.2) is 0 Å². The monoisotopic (exact) mass is 311 g/mol.